The van der Waals surface area contributed by atoms with Crippen molar-refractivity contribution >= 4 is 64.7 Å². The number of aromatic nitrogens is 2. The van der Waals surface area contributed by atoms with Crippen LogP contribution in [0.5, 0.6) is 0 Å². The van der Waals surface area contributed by atoms with E-state index in [1.54, 1.807) is 24.4 Å². The van der Waals surface area contributed by atoms with Crippen LogP contribution in [0.4, 0.5) is 11.4 Å². The molecule has 2 N–H and O–H groups in total. The number of hydrogen-bond donors (Lipinski definition) is 2. The van der Waals surface area contributed by atoms with Crippen LogP contribution in [0.2, 0.25) is 0 Å². The van der Waals surface area contributed by atoms with Gasteiger partial charge in [0, 0.05) is 44.9 Å². The molecule has 0 saturated carbocycles. The third-order valence-electron chi connectivity index (χ3n) is 6.49. The summed E-state index contributed by atoms with van der Waals surface area (Å²) in [7, 11) is -3.38. The van der Waals surface area contributed by atoms with E-state index < -0.39 is 10.0 Å². The molecular weight excluding hydrogens is 596 g/mol. The van der Waals surface area contributed by atoms with Crippen LogP contribution < -0.4 is 10.0 Å². The van der Waals surface area contributed by atoms with Gasteiger partial charge in [-0.25, -0.2) is 13.4 Å². The van der Waals surface area contributed by atoms with E-state index in [1.807, 2.05) is 35.3 Å². The second-order valence-electron chi connectivity index (χ2n) is 9.98. The lowest BCUT2D eigenvalue weighted by molar-refractivity contribution is 0.103. The Morgan fingerprint density at radius 1 is 1.03 bits per heavy atom. The topological polar surface area (TPSA) is 93.1 Å². The fourth-order valence-electron chi connectivity index (χ4n) is 4.46. The number of benzene rings is 3. The zero-order valence-corrected chi connectivity index (χ0v) is 24.8. The minimum Gasteiger partial charge on any atom is -0.333 e. The van der Waals surface area contributed by atoms with Crippen molar-refractivity contribution in [3.63, 3.8) is 0 Å². The summed E-state index contributed by atoms with van der Waals surface area (Å²) in [6.45, 7) is 5.08. The molecule has 0 atom stereocenters. The average molecular weight is 624 g/mol. The van der Waals surface area contributed by atoms with E-state index in [4.69, 9.17) is 0 Å². The van der Waals surface area contributed by atoms with Gasteiger partial charge in [-0.05, 0) is 64.5 Å². The first-order valence-corrected chi connectivity index (χ1v) is 15.7. The zero-order chi connectivity index (χ0) is 27.8. The lowest BCUT2D eigenvalue weighted by Gasteiger charge is -2.27. The third-order valence-corrected chi connectivity index (χ3v) is 8.67. The molecule has 2 heterocycles. The van der Waals surface area contributed by atoms with Crippen LogP contribution in [0.3, 0.4) is 0 Å². The summed E-state index contributed by atoms with van der Waals surface area (Å²) in [6, 6.07) is 21.5. The van der Waals surface area contributed by atoms with E-state index in [0.29, 0.717) is 16.3 Å². The number of carbonyl (C=O) groups is 1. The van der Waals surface area contributed by atoms with Crippen LogP contribution in [0.1, 0.15) is 40.2 Å². The number of rotatable bonds is 8. The Bertz CT molecular complexity index is 1780. The molecule has 200 valence electrons. The molecule has 1 amide bonds. The maximum absolute atomic E-state index is 13.2. The van der Waals surface area contributed by atoms with Crippen LogP contribution in [-0.2, 0) is 22.0 Å². The average Bonchev–Trinajstić information content (AvgIpc) is 3.52. The van der Waals surface area contributed by atoms with Crippen molar-refractivity contribution in [3.05, 3.63) is 111 Å². The lowest BCUT2D eigenvalue weighted by atomic mass is 9.77. The number of thiophene rings is 1. The first kappa shape index (κ1) is 27.1. The van der Waals surface area contributed by atoms with Gasteiger partial charge >= 0.3 is 0 Å². The molecular formula is C29H27BrN4O3S2. The minimum absolute atomic E-state index is 0.224. The van der Waals surface area contributed by atoms with Gasteiger partial charge < -0.3 is 9.88 Å². The molecule has 3 aromatic carbocycles. The van der Waals surface area contributed by atoms with Gasteiger partial charge in [-0.2, -0.15) is 0 Å². The fourth-order valence-corrected chi connectivity index (χ4v) is 6.45. The van der Waals surface area contributed by atoms with Gasteiger partial charge in [-0.15, -0.1) is 11.3 Å². The van der Waals surface area contributed by atoms with Crippen molar-refractivity contribution < 1.29 is 13.2 Å². The minimum atomic E-state index is -3.38. The van der Waals surface area contributed by atoms with Crippen molar-refractivity contribution in [2.24, 2.45) is 0 Å². The third kappa shape index (κ3) is 6.41. The quantitative estimate of drug-likeness (QED) is 0.198. The first-order valence-electron chi connectivity index (χ1n) is 12.2. The predicted molar refractivity (Wildman–Crippen MR) is 162 cm³/mol. The van der Waals surface area contributed by atoms with Gasteiger partial charge in [0.2, 0.25) is 10.0 Å². The lowest BCUT2D eigenvalue weighted by Crippen LogP contribution is -2.20. The molecule has 0 radical (unpaired) electrons. The number of fused-ring (bicyclic) bond motifs is 1. The van der Waals surface area contributed by atoms with Crippen LogP contribution in [-0.4, -0.2) is 30.1 Å². The normalized spacial score (nSPS) is 12.0. The Balaban J connectivity index is 1.38. The van der Waals surface area contributed by atoms with E-state index >= 15 is 0 Å². The van der Waals surface area contributed by atoms with Crippen LogP contribution >= 0.6 is 27.3 Å². The summed E-state index contributed by atoms with van der Waals surface area (Å²) >= 11 is 4.98. The Morgan fingerprint density at radius 2 is 1.85 bits per heavy atom. The smallest absolute Gasteiger partial charge is 0.265 e. The standard InChI is InChI=1S/C29H27BrN4O3S2/c1-29(2,21-6-4-5-19(11-21)17-34-10-9-31-18-34)22-14-23(30)16-25(15-22)32-28(35)27-13-20-12-24(33-39(3,36)37)7-8-26(20)38-27/h4-16,18,33H,17H2,1-3H3,(H,32,35). The molecule has 7 nitrogen and oxygen atoms in total. The van der Waals surface area contributed by atoms with Crippen molar-refractivity contribution in [2.75, 3.05) is 16.3 Å². The largest absolute Gasteiger partial charge is 0.333 e. The van der Waals surface area contributed by atoms with Crippen molar-refractivity contribution in [2.45, 2.75) is 25.8 Å². The highest BCUT2D eigenvalue weighted by atomic mass is 79.9. The Morgan fingerprint density at radius 3 is 2.59 bits per heavy atom. The summed E-state index contributed by atoms with van der Waals surface area (Å²) in [5.74, 6) is -0.224. The van der Waals surface area contributed by atoms with E-state index in [1.165, 1.54) is 22.5 Å². The van der Waals surface area contributed by atoms with Crippen molar-refractivity contribution in [1.29, 1.82) is 0 Å². The fraction of sp³-hybridized carbons (Fsp3) is 0.172. The first-order chi connectivity index (χ1) is 18.5. The summed E-state index contributed by atoms with van der Waals surface area (Å²) in [6.07, 6.45) is 6.64. The number of nitrogens with one attached hydrogen (secondary N) is 2. The van der Waals surface area contributed by atoms with E-state index in [0.717, 1.165) is 32.9 Å². The molecule has 5 aromatic rings. The van der Waals surface area contributed by atoms with Crippen LogP contribution in [0.25, 0.3) is 10.1 Å². The van der Waals surface area contributed by atoms with Crippen LogP contribution in [0, 0.1) is 0 Å². The summed E-state index contributed by atoms with van der Waals surface area (Å²) in [5, 5.41) is 3.83. The molecule has 10 heteroatoms. The van der Waals surface area contributed by atoms with Gasteiger partial charge in [0.05, 0.1) is 17.5 Å². The summed E-state index contributed by atoms with van der Waals surface area (Å²) < 4.78 is 29.4. The summed E-state index contributed by atoms with van der Waals surface area (Å²) in [4.78, 5) is 17.9. The molecule has 0 aliphatic rings. The number of carbonyl (C=O) groups excluding carboxylic acids is 1. The highest BCUT2D eigenvalue weighted by Crippen LogP contribution is 2.36. The predicted octanol–water partition coefficient (Wildman–Crippen LogP) is 6.86. The highest BCUT2D eigenvalue weighted by Gasteiger charge is 2.25. The van der Waals surface area contributed by atoms with Crippen molar-refractivity contribution in [1.82, 2.24) is 9.55 Å². The number of anilines is 2. The Labute approximate surface area is 240 Å². The van der Waals surface area contributed by atoms with Gasteiger partial charge in [-0.1, -0.05) is 54.0 Å². The van der Waals surface area contributed by atoms with Gasteiger partial charge in [0.1, 0.15) is 0 Å². The monoisotopic (exact) mass is 622 g/mol. The maximum Gasteiger partial charge on any atom is 0.265 e. The molecule has 0 aliphatic heterocycles. The molecule has 0 fully saturated rings. The summed E-state index contributed by atoms with van der Waals surface area (Å²) in [5.41, 5.74) is 4.22. The van der Waals surface area contributed by atoms with E-state index in [9.17, 15) is 13.2 Å². The van der Waals surface area contributed by atoms with Crippen molar-refractivity contribution in [3.8, 4) is 0 Å². The van der Waals surface area contributed by atoms with Gasteiger partial charge in [0.25, 0.3) is 5.91 Å². The number of nitrogens with zero attached hydrogens (tertiary/aromatic N) is 2. The van der Waals surface area contributed by atoms with Gasteiger partial charge in [-0.3, -0.25) is 9.52 Å². The molecule has 39 heavy (non-hydrogen) atoms. The zero-order valence-electron chi connectivity index (χ0n) is 21.6. The molecule has 2 aromatic heterocycles. The highest BCUT2D eigenvalue weighted by molar-refractivity contribution is 9.10. The molecule has 0 unspecified atom stereocenters. The van der Waals surface area contributed by atoms with Gasteiger partial charge in [0.15, 0.2) is 0 Å². The Hall–Kier alpha value is -3.47. The Kier molecular flexibility index (Phi) is 7.37. The maximum atomic E-state index is 13.2. The molecule has 0 bridgehead atoms. The number of imidazole rings is 1. The molecule has 0 saturated heterocycles. The second-order valence-corrected chi connectivity index (χ2v) is 13.7. The molecule has 0 aliphatic carbocycles. The number of amides is 1. The SMILES string of the molecule is CC(C)(c1cccc(Cn2ccnc2)c1)c1cc(Br)cc(NC(=O)c2cc3cc(NS(C)(=O)=O)ccc3s2)c1. The number of hydrogen-bond acceptors (Lipinski definition) is 5. The molecule has 0 spiro atoms. The number of sulfonamides is 1. The van der Waals surface area contributed by atoms with E-state index in [-0.39, 0.29) is 11.3 Å². The molecule has 5 rings (SSSR count). The van der Waals surface area contributed by atoms with E-state index in [2.05, 4.69) is 75.1 Å². The number of halogens is 1. The van der Waals surface area contributed by atoms with Crippen LogP contribution in [0.15, 0.2) is 89.9 Å². The second kappa shape index (κ2) is 10.6.